The van der Waals surface area contributed by atoms with Gasteiger partial charge in [0.1, 0.15) is 16.4 Å². The summed E-state index contributed by atoms with van der Waals surface area (Å²) >= 11 is 0. The zero-order chi connectivity index (χ0) is 19.5. The molecule has 8 nitrogen and oxygen atoms in total. The van der Waals surface area contributed by atoms with Crippen molar-refractivity contribution in [2.24, 2.45) is 5.92 Å². The Labute approximate surface area is 154 Å². The highest BCUT2D eigenvalue weighted by Gasteiger charge is 2.38. The minimum atomic E-state index is -3.90. The molecule has 0 unspecified atom stereocenters. The van der Waals surface area contributed by atoms with Crippen molar-refractivity contribution < 1.29 is 27.8 Å². The van der Waals surface area contributed by atoms with Gasteiger partial charge in [0.05, 0.1) is 14.2 Å². The number of nitrogens with zero attached hydrogens (tertiary/aromatic N) is 2. The fraction of sp³-hybridized carbons (Fsp3) is 0.588. The van der Waals surface area contributed by atoms with Gasteiger partial charge in [-0.3, -0.25) is 0 Å². The maximum Gasteiger partial charge on any atom is 0.407 e. The van der Waals surface area contributed by atoms with Crippen LogP contribution in [0.3, 0.4) is 0 Å². The number of carbonyl (C=O) groups is 1. The largest absolute Gasteiger partial charge is 0.497 e. The van der Waals surface area contributed by atoms with E-state index < -0.39 is 22.2 Å². The van der Waals surface area contributed by atoms with Crippen LogP contribution in [0.5, 0.6) is 11.5 Å². The van der Waals surface area contributed by atoms with Gasteiger partial charge in [-0.15, -0.1) is 0 Å². The van der Waals surface area contributed by atoms with Crippen molar-refractivity contribution in [3.8, 4) is 11.5 Å². The van der Waals surface area contributed by atoms with Crippen LogP contribution in [0.15, 0.2) is 23.1 Å². The van der Waals surface area contributed by atoms with Gasteiger partial charge in [0.25, 0.3) is 0 Å². The maximum atomic E-state index is 13.4. The van der Waals surface area contributed by atoms with E-state index >= 15 is 0 Å². The molecule has 1 aliphatic rings. The Hall–Kier alpha value is -2.00. The molecule has 0 aromatic heterocycles. The third-order valence-electron chi connectivity index (χ3n) is 4.34. The Morgan fingerprint density at radius 1 is 1.35 bits per heavy atom. The van der Waals surface area contributed by atoms with Crippen LogP contribution in [0.25, 0.3) is 0 Å². The highest BCUT2D eigenvalue weighted by Crippen LogP contribution is 2.33. The van der Waals surface area contributed by atoms with Crippen molar-refractivity contribution in [3.05, 3.63) is 18.2 Å². The third-order valence-corrected chi connectivity index (χ3v) is 6.28. The van der Waals surface area contributed by atoms with Gasteiger partial charge in [0.15, 0.2) is 0 Å². The van der Waals surface area contributed by atoms with Gasteiger partial charge in [-0.2, -0.15) is 4.31 Å². The molecule has 1 N–H and O–H groups in total. The van der Waals surface area contributed by atoms with E-state index in [0.29, 0.717) is 25.3 Å². The zero-order valence-electron chi connectivity index (χ0n) is 15.5. The summed E-state index contributed by atoms with van der Waals surface area (Å²) in [7, 11) is -1.02. The van der Waals surface area contributed by atoms with Crippen LogP contribution in [0.4, 0.5) is 4.79 Å². The van der Waals surface area contributed by atoms with E-state index in [2.05, 4.69) is 0 Å². The lowest BCUT2D eigenvalue weighted by atomic mass is 10.2. The van der Waals surface area contributed by atoms with Crippen molar-refractivity contribution in [3.63, 3.8) is 0 Å². The standard InChI is InChI=1S/C17H26N2O6S/c1-12(2)10-19(13-7-8-18(11-13)17(20)21)26(22,23)16-9-14(24-3)5-6-15(16)25-4/h5-6,9,12-13H,7-8,10-11H2,1-4H3,(H,20,21)/t13-/m1/s1. The average molecular weight is 386 g/mol. The molecular formula is C17H26N2O6S. The van der Waals surface area contributed by atoms with Crippen LogP contribution in [-0.2, 0) is 10.0 Å². The molecule has 1 atom stereocenters. The van der Waals surface area contributed by atoms with Crippen molar-refractivity contribution in [1.82, 2.24) is 9.21 Å². The fourth-order valence-corrected chi connectivity index (χ4v) is 5.05. The number of methoxy groups -OCH3 is 2. The Kier molecular flexibility index (Phi) is 6.35. The van der Waals surface area contributed by atoms with E-state index in [4.69, 9.17) is 9.47 Å². The molecule has 1 aromatic rings. The van der Waals surface area contributed by atoms with Gasteiger partial charge in [-0.25, -0.2) is 13.2 Å². The number of amides is 1. The molecule has 1 fully saturated rings. The highest BCUT2D eigenvalue weighted by molar-refractivity contribution is 7.89. The molecular weight excluding hydrogens is 360 g/mol. The van der Waals surface area contributed by atoms with Crippen molar-refractivity contribution >= 4 is 16.1 Å². The predicted octanol–water partition coefficient (Wildman–Crippen LogP) is 2.10. The number of likely N-dealkylation sites (tertiary alicyclic amines) is 1. The molecule has 9 heteroatoms. The normalized spacial score (nSPS) is 17.8. The Morgan fingerprint density at radius 2 is 2.04 bits per heavy atom. The van der Waals surface area contributed by atoms with E-state index in [1.54, 1.807) is 12.1 Å². The first-order valence-electron chi connectivity index (χ1n) is 8.42. The van der Waals surface area contributed by atoms with Gasteiger partial charge in [0, 0.05) is 31.7 Å². The van der Waals surface area contributed by atoms with E-state index in [9.17, 15) is 18.3 Å². The Morgan fingerprint density at radius 3 is 2.54 bits per heavy atom. The molecule has 1 saturated heterocycles. The molecule has 146 valence electrons. The summed E-state index contributed by atoms with van der Waals surface area (Å²) in [5.41, 5.74) is 0. The quantitative estimate of drug-likeness (QED) is 0.771. The van der Waals surface area contributed by atoms with Crippen LogP contribution in [0, 0.1) is 5.92 Å². The summed E-state index contributed by atoms with van der Waals surface area (Å²) in [6, 6.07) is 4.21. The second kappa shape index (κ2) is 8.13. The Bertz CT molecular complexity index is 750. The topological polar surface area (TPSA) is 96.4 Å². The van der Waals surface area contributed by atoms with Gasteiger partial charge in [-0.05, 0) is 24.5 Å². The number of sulfonamides is 1. The SMILES string of the molecule is COc1ccc(OC)c(S(=O)(=O)N(CC(C)C)[C@@H]2CCN(C(=O)O)C2)c1. The Balaban J connectivity index is 2.45. The van der Waals surface area contributed by atoms with Crippen LogP contribution in [0.2, 0.25) is 0 Å². The summed E-state index contributed by atoms with van der Waals surface area (Å²) in [6.45, 7) is 4.62. The molecule has 1 aromatic carbocycles. The summed E-state index contributed by atoms with van der Waals surface area (Å²) < 4.78 is 38.6. The number of ether oxygens (including phenoxy) is 2. The van der Waals surface area contributed by atoms with Gasteiger partial charge in [-0.1, -0.05) is 13.8 Å². The molecule has 0 spiro atoms. The minimum absolute atomic E-state index is 0.0220. The number of benzene rings is 1. The van der Waals surface area contributed by atoms with Gasteiger partial charge < -0.3 is 19.5 Å². The first kappa shape index (κ1) is 20.3. The minimum Gasteiger partial charge on any atom is -0.497 e. The van der Waals surface area contributed by atoms with Crippen LogP contribution in [0.1, 0.15) is 20.3 Å². The second-order valence-corrected chi connectivity index (χ2v) is 8.52. The zero-order valence-corrected chi connectivity index (χ0v) is 16.3. The monoisotopic (exact) mass is 386 g/mol. The van der Waals surface area contributed by atoms with E-state index in [0.717, 1.165) is 0 Å². The van der Waals surface area contributed by atoms with Crippen molar-refractivity contribution in [1.29, 1.82) is 0 Å². The summed E-state index contributed by atoms with van der Waals surface area (Å²) in [6.07, 6.45) is -0.571. The lowest BCUT2D eigenvalue weighted by molar-refractivity contribution is 0.152. The van der Waals surface area contributed by atoms with Crippen LogP contribution < -0.4 is 9.47 Å². The molecule has 1 heterocycles. The van der Waals surface area contributed by atoms with Crippen LogP contribution >= 0.6 is 0 Å². The second-order valence-electron chi connectivity index (χ2n) is 6.66. The van der Waals surface area contributed by atoms with E-state index in [1.807, 2.05) is 13.8 Å². The number of hydrogen-bond donors (Lipinski definition) is 1. The predicted molar refractivity (Wildman–Crippen MR) is 96.3 cm³/mol. The molecule has 0 bridgehead atoms. The van der Waals surface area contributed by atoms with E-state index in [1.165, 1.54) is 29.5 Å². The number of rotatable bonds is 7. The molecule has 1 amide bonds. The third kappa shape index (κ3) is 4.21. The van der Waals surface area contributed by atoms with Crippen molar-refractivity contribution in [2.75, 3.05) is 33.9 Å². The first-order valence-corrected chi connectivity index (χ1v) is 9.86. The van der Waals surface area contributed by atoms with Gasteiger partial charge >= 0.3 is 6.09 Å². The van der Waals surface area contributed by atoms with Gasteiger partial charge in [0.2, 0.25) is 10.0 Å². The van der Waals surface area contributed by atoms with E-state index in [-0.39, 0.29) is 23.1 Å². The molecule has 0 saturated carbocycles. The summed E-state index contributed by atoms with van der Waals surface area (Å²) in [5, 5.41) is 9.19. The first-order chi connectivity index (χ1) is 12.2. The lowest BCUT2D eigenvalue weighted by Crippen LogP contribution is -2.44. The fourth-order valence-electron chi connectivity index (χ4n) is 3.07. The smallest absolute Gasteiger partial charge is 0.407 e. The molecule has 1 aliphatic heterocycles. The number of carboxylic acid groups (broad SMARTS) is 1. The van der Waals surface area contributed by atoms with Crippen LogP contribution in [-0.4, -0.2) is 68.7 Å². The lowest BCUT2D eigenvalue weighted by Gasteiger charge is -2.30. The highest BCUT2D eigenvalue weighted by atomic mass is 32.2. The average Bonchev–Trinajstić information content (AvgIpc) is 3.08. The summed E-state index contributed by atoms with van der Waals surface area (Å²) in [5.74, 6) is 0.723. The molecule has 0 radical (unpaired) electrons. The molecule has 2 rings (SSSR count). The number of hydrogen-bond acceptors (Lipinski definition) is 5. The summed E-state index contributed by atoms with van der Waals surface area (Å²) in [4.78, 5) is 12.5. The molecule has 0 aliphatic carbocycles. The maximum absolute atomic E-state index is 13.4. The molecule has 26 heavy (non-hydrogen) atoms. The van der Waals surface area contributed by atoms with Crippen molar-refractivity contribution in [2.45, 2.75) is 31.2 Å².